The number of hydrogen-bond acceptors (Lipinski definition) is 2. The molecule has 268 valence electrons. The summed E-state index contributed by atoms with van der Waals surface area (Å²) in [5, 5.41) is 10.5. The largest absolute Gasteiger partial charge is 0.310 e. The first-order valence-electron chi connectivity index (χ1n) is 19.2. The van der Waals surface area contributed by atoms with E-state index in [0.717, 1.165) is 17.1 Å². The lowest BCUT2D eigenvalue weighted by Gasteiger charge is -2.31. The van der Waals surface area contributed by atoms with Gasteiger partial charge in [0.1, 0.15) is 0 Å². The molecule has 7 aromatic rings. The predicted octanol–water partition coefficient (Wildman–Crippen LogP) is 14.0. The van der Waals surface area contributed by atoms with Crippen LogP contribution in [0.1, 0.15) is 22.3 Å². The molecule has 8 rings (SSSR count). The molecule has 0 radical (unpaired) electrons. The second-order valence-corrected chi connectivity index (χ2v) is 27.3. The van der Waals surface area contributed by atoms with E-state index in [1.54, 1.807) is 0 Å². The fourth-order valence-electron chi connectivity index (χ4n) is 8.15. The molecule has 0 saturated carbocycles. The first-order chi connectivity index (χ1) is 25.7. The van der Waals surface area contributed by atoms with E-state index in [2.05, 4.69) is 210 Å². The van der Waals surface area contributed by atoms with E-state index in [0.29, 0.717) is 0 Å². The van der Waals surface area contributed by atoms with E-state index in [9.17, 15) is 0 Å². The summed E-state index contributed by atoms with van der Waals surface area (Å²) < 4.78 is 0. The average molecular weight is 735 g/mol. The zero-order valence-corrected chi connectivity index (χ0v) is 35.4. The van der Waals surface area contributed by atoms with Gasteiger partial charge in [0, 0.05) is 27.8 Å². The molecule has 4 heteroatoms. The highest BCUT2D eigenvalue weighted by Crippen LogP contribution is 2.49. The van der Waals surface area contributed by atoms with Gasteiger partial charge in [-0.15, -0.1) is 0 Å². The number of nitrogens with zero attached hydrogens (tertiary/aromatic N) is 2. The molecule has 0 atom stereocenters. The van der Waals surface area contributed by atoms with E-state index < -0.39 is 16.1 Å². The molecule has 0 bridgehead atoms. The standard InChI is InChI=1S/C50H50N2Si2/c1-33-15-11-13-17-45(33)51(37-19-23-39(24-20-37)53(5,6)7)47-31-35(3)41-28-30-44-48(32-36(4)42-27-29-43(47)49(41)50(42)44)52(46-18-14-12-16-34(46)2)38-21-25-40(26-22-38)54(8,9)10/h11-21,23-25,27-32H,1-10H3. The summed E-state index contributed by atoms with van der Waals surface area (Å²) in [6, 6.07) is 41.1. The number of benzene rings is 7. The summed E-state index contributed by atoms with van der Waals surface area (Å²) in [5.74, 6) is 0. The van der Waals surface area contributed by atoms with E-state index in [1.165, 1.54) is 82.0 Å². The molecular formula is C50H50N2Si2. The summed E-state index contributed by atoms with van der Waals surface area (Å²) in [5.41, 5.74) is 19.1. The van der Waals surface area contributed by atoms with Crippen molar-refractivity contribution in [1.82, 2.24) is 0 Å². The quantitative estimate of drug-likeness (QED) is 0.0871. The Hall–Kier alpha value is -5.35. The molecule has 54 heavy (non-hydrogen) atoms. The molecule has 0 saturated heterocycles. The minimum Gasteiger partial charge on any atom is -0.310 e. The average Bonchev–Trinajstić information content (AvgIpc) is 3.14. The number of aryl methyl sites for hydroxylation is 4. The Morgan fingerprint density at radius 3 is 1.37 bits per heavy atom. The maximum absolute atomic E-state index is 3.63. The summed E-state index contributed by atoms with van der Waals surface area (Å²) in [6.07, 6.45) is 4.53. The number of rotatable bonds is 8. The molecule has 0 heterocycles. The van der Waals surface area contributed by atoms with Crippen molar-refractivity contribution in [2.45, 2.75) is 67.0 Å². The third kappa shape index (κ3) is 6.06. The third-order valence-electron chi connectivity index (χ3n) is 11.2. The van der Waals surface area contributed by atoms with Crippen molar-refractivity contribution < 1.29 is 0 Å². The van der Waals surface area contributed by atoms with Gasteiger partial charge < -0.3 is 9.80 Å². The van der Waals surface area contributed by atoms with Crippen molar-refractivity contribution in [3.63, 3.8) is 0 Å². The first-order valence-corrected chi connectivity index (χ1v) is 26.2. The maximum atomic E-state index is 3.63. The molecule has 1 aliphatic rings. The van der Waals surface area contributed by atoms with Crippen molar-refractivity contribution in [1.29, 1.82) is 0 Å². The minimum atomic E-state index is -1.55. The second kappa shape index (κ2) is 13.2. The number of hydrogen-bond donors (Lipinski definition) is 0. The lowest BCUT2D eigenvalue weighted by atomic mass is 9.88. The van der Waals surface area contributed by atoms with Crippen molar-refractivity contribution >= 4 is 82.1 Å². The van der Waals surface area contributed by atoms with Crippen LogP contribution in [0.4, 0.5) is 28.4 Å². The first kappa shape index (κ1) is 35.7. The van der Waals surface area contributed by atoms with Crippen LogP contribution in [-0.4, -0.2) is 16.1 Å². The third-order valence-corrected chi connectivity index (χ3v) is 15.2. The van der Waals surface area contributed by atoms with Gasteiger partial charge in [0.2, 0.25) is 0 Å². The highest BCUT2D eigenvalue weighted by atomic mass is 28.3. The minimum absolute atomic E-state index is 1.00. The predicted molar refractivity (Wildman–Crippen MR) is 242 cm³/mol. The van der Waals surface area contributed by atoms with Crippen LogP contribution < -0.4 is 15.0 Å². The fraction of sp³-hybridized carbons (Fsp3) is 0.200. The summed E-state index contributed by atoms with van der Waals surface area (Å²) in [7, 11) is -3.02. The molecule has 0 fully saturated rings. The Kier molecular flexibility index (Phi) is 8.72. The van der Waals surface area contributed by atoms with Gasteiger partial charge in [-0.05, 0) is 125 Å². The van der Waals surface area contributed by atoms with Gasteiger partial charge in [-0.3, -0.25) is 0 Å². The van der Waals surface area contributed by atoms with Crippen molar-refractivity contribution in [3.05, 3.63) is 166 Å². The topological polar surface area (TPSA) is 6.48 Å². The Morgan fingerprint density at radius 1 is 0.426 bits per heavy atom. The summed E-state index contributed by atoms with van der Waals surface area (Å²) in [6.45, 7) is 23.3. The lowest BCUT2D eigenvalue weighted by molar-refractivity contribution is 1.19. The van der Waals surface area contributed by atoms with Gasteiger partial charge in [-0.2, -0.15) is 0 Å². The Bertz CT molecular complexity index is 2740. The number of allylic oxidation sites excluding steroid dienone is 3. The van der Waals surface area contributed by atoms with Gasteiger partial charge in [-0.25, -0.2) is 0 Å². The molecule has 2 nitrogen and oxygen atoms in total. The van der Waals surface area contributed by atoms with Gasteiger partial charge in [0.05, 0.1) is 33.2 Å². The monoisotopic (exact) mass is 734 g/mol. The molecule has 0 aliphatic heterocycles. The van der Waals surface area contributed by atoms with Gasteiger partial charge in [-0.1, -0.05) is 129 Å². The second-order valence-electron chi connectivity index (χ2n) is 17.2. The molecule has 0 amide bonds. The van der Waals surface area contributed by atoms with Crippen LogP contribution in [0.3, 0.4) is 0 Å². The van der Waals surface area contributed by atoms with Crippen molar-refractivity contribution in [2.75, 3.05) is 9.80 Å². The van der Waals surface area contributed by atoms with Crippen LogP contribution in [0, 0.1) is 27.7 Å². The van der Waals surface area contributed by atoms with Crippen LogP contribution in [-0.2, 0) is 0 Å². The van der Waals surface area contributed by atoms with Crippen molar-refractivity contribution in [2.24, 2.45) is 0 Å². The van der Waals surface area contributed by atoms with Gasteiger partial charge in [0.15, 0.2) is 0 Å². The number of para-hydroxylation sites is 2. The maximum Gasteiger partial charge on any atom is 0.0973 e. The normalized spacial score (nSPS) is 13.2. The van der Waals surface area contributed by atoms with Crippen LogP contribution in [0.5, 0.6) is 0 Å². The Morgan fingerprint density at radius 2 is 0.907 bits per heavy atom. The van der Waals surface area contributed by atoms with E-state index in [-0.39, 0.29) is 0 Å². The van der Waals surface area contributed by atoms with Crippen LogP contribution in [0.2, 0.25) is 39.3 Å². The van der Waals surface area contributed by atoms with Crippen LogP contribution >= 0.6 is 0 Å². The molecule has 0 spiro atoms. The fourth-order valence-corrected chi connectivity index (χ4v) is 10.3. The molecule has 0 aromatic heterocycles. The zero-order valence-electron chi connectivity index (χ0n) is 33.4. The summed E-state index contributed by atoms with van der Waals surface area (Å²) in [4.78, 5) is 4.90. The Labute approximate surface area is 323 Å². The molecule has 1 aliphatic carbocycles. The number of anilines is 5. The molecule has 0 unspecified atom stereocenters. The molecule has 7 aromatic carbocycles. The SMILES string of the molecule is Cc1ccccc1N(C1=C=C=C([Si](C)(C)C)C=C1)c1cc(C)c2ccc3c(N(c4ccc([Si](C)(C)C)cc4)c4ccccc4C)cc(C)c4ccc1c2c43. The molecular weight excluding hydrogens is 685 g/mol. The van der Waals surface area contributed by atoms with Gasteiger partial charge >= 0.3 is 0 Å². The smallest absolute Gasteiger partial charge is 0.0973 e. The van der Waals surface area contributed by atoms with Gasteiger partial charge in [0.25, 0.3) is 0 Å². The van der Waals surface area contributed by atoms with E-state index in [1.807, 2.05) is 0 Å². The molecule has 0 N–H and O–H groups in total. The van der Waals surface area contributed by atoms with Crippen molar-refractivity contribution in [3.8, 4) is 0 Å². The summed E-state index contributed by atoms with van der Waals surface area (Å²) >= 11 is 0. The van der Waals surface area contributed by atoms with Crippen LogP contribution in [0.25, 0.3) is 32.3 Å². The van der Waals surface area contributed by atoms with E-state index in [4.69, 9.17) is 0 Å². The Balaban J connectivity index is 1.44. The highest BCUT2D eigenvalue weighted by Gasteiger charge is 2.26. The van der Waals surface area contributed by atoms with E-state index >= 15 is 0 Å². The lowest BCUT2D eigenvalue weighted by Crippen LogP contribution is -2.37. The van der Waals surface area contributed by atoms with Crippen LogP contribution in [0.15, 0.2) is 144 Å². The highest BCUT2D eigenvalue weighted by molar-refractivity contribution is 6.88. The zero-order chi connectivity index (χ0) is 38.1.